The van der Waals surface area contributed by atoms with Crippen LogP contribution in [-0.2, 0) is 10.0 Å². The summed E-state index contributed by atoms with van der Waals surface area (Å²) in [5.41, 5.74) is 2.75. The molecule has 0 aliphatic carbocycles. The van der Waals surface area contributed by atoms with Crippen molar-refractivity contribution in [3.8, 4) is 11.5 Å². The van der Waals surface area contributed by atoms with E-state index in [9.17, 15) is 13.5 Å². The van der Waals surface area contributed by atoms with Gasteiger partial charge in [-0.25, -0.2) is 8.42 Å². The van der Waals surface area contributed by atoms with Crippen LogP contribution in [0.5, 0.6) is 11.5 Å². The molecule has 0 bridgehead atoms. The van der Waals surface area contributed by atoms with Gasteiger partial charge in [0.15, 0.2) is 0 Å². The second-order valence-corrected chi connectivity index (χ2v) is 10.1. The van der Waals surface area contributed by atoms with Crippen molar-refractivity contribution in [1.82, 2.24) is 10.3 Å². The number of aromatic nitrogens is 1. The summed E-state index contributed by atoms with van der Waals surface area (Å²) in [6.45, 7) is 1.20. The van der Waals surface area contributed by atoms with Crippen LogP contribution in [0.15, 0.2) is 54.6 Å². The van der Waals surface area contributed by atoms with E-state index in [0.29, 0.717) is 18.7 Å². The number of benzene rings is 3. The molecule has 8 nitrogen and oxygen atoms in total. The van der Waals surface area contributed by atoms with E-state index in [-0.39, 0.29) is 17.3 Å². The van der Waals surface area contributed by atoms with E-state index >= 15 is 0 Å². The molecule has 0 amide bonds. The zero-order chi connectivity index (χ0) is 24.3. The highest BCUT2D eigenvalue weighted by atomic mass is 35.5. The summed E-state index contributed by atoms with van der Waals surface area (Å²) >= 11 is 6.04. The smallest absolute Gasteiger partial charge is 0.229 e. The second-order valence-electron chi connectivity index (χ2n) is 7.93. The van der Waals surface area contributed by atoms with Gasteiger partial charge in [0, 0.05) is 36.0 Å². The summed E-state index contributed by atoms with van der Waals surface area (Å²) < 4.78 is 36.4. The van der Waals surface area contributed by atoms with Gasteiger partial charge < -0.3 is 24.9 Å². The molecule has 10 heteroatoms. The topological polar surface area (TPSA) is 113 Å². The van der Waals surface area contributed by atoms with Gasteiger partial charge in [0.25, 0.3) is 0 Å². The predicted molar refractivity (Wildman–Crippen MR) is 136 cm³/mol. The molecule has 0 radical (unpaired) electrons. The molecule has 0 spiro atoms. The summed E-state index contributed by atoms with van der Waals surface area (Å²) in [7, 11) is -1.83. The lowest BCUT2D eigenvalue weighted by atomic mass is 10.1. The number of rotatable bonds is 10. The van der Waals surface area contributed by atoms with Crippen LogP contribution in [0.2, 0.25) is 5.02 Å². The number of anilines is 1. The summed E-state index contributed by atoms with van der Waals surface area (Å²) in [4.78, 5) is 3.39. The minimum Gasteiger partial charge on any atom is -0.497 e. The van der Waals surface area contributed by atoms with Crippen LogP contribution in [0.4, 0.5) is 5.69 Å². The number of hydrogen-bond donors (Lipinski definition) is 4. The molecule has 0 aliphatic rings. The Bertz CT molecular complexity index is 1420. The molecule has 0 fully saturated rings. The normalized spacial score (nSPS) is 12.7. The quantitative estimate of drug-likeness (QED) is 0.243. The van der Waals surface area contributed by atoms with Gasteiger partial charge >= 0.3 is 0 Å². The van der Waals surface area contributed by atoms with E-state index < -0.39 is 16.1 Å². The summed E-state index contributed by atoms with van der Waals surface area (Å²) in [5, 5.41) is 16.1. The van der Waals surface area contributed by atoms with Gasteiger partial charge in [-0.05, 0) is 42.0 Å². The van der Waals surface area contributed by atoms with E-state index in [2.05, 4.69) is 15.0 Å². The zero-order valence-corrected chi connectivity index (χ0v) is 20.3. The van der Waals surface area contributed by atoms with E-state index in [4.69, 9.17) is 21.1 Å². The van der Waals surface area contributed by atoms with E-state index in [1.54, 1.807) is 19.2 Å². The number of ether oxygens (including phenoxy) is 2. The van der Waals surface area contributed by atoms with Crippen molar-refractivity contribution in [3.63, 3.8) is 0 Å². The minimum absolute atomic E-state index is 0.231. The van der Waals surface area contributed by atoms with Crippen molar-refractivity contribution in [3.05, 3.63) is 65.2 Å². The van der Waals surface area contributed by atoms with Crippen LogP contribution in [0, 0.1) is 0 Å². The largest absolute Gasteiger partial charge is 0.497 e. The molecule has 0 unspecified atom stereocenters. The fraction of sp³-hybridized carbons (Fsp3) is 0.250. The Kier molecular flexibility index (Phi) is 7.18. The number of fused-ring (bicyclic) bond motifs is 3. The van der Waals surface area contributed by atoms with Crippen LogP contribution in [-0.4, -0.2) is 51.6 Å². The molecule has 1 heterocycles. The Morgan fingerprint density at radius 2 is 1.71 bits per heavy atom. The maximum absolute atomic E-state index is 11.5. The highest BCUT2D eigenvalue weighted by Gasteiger charge is 2.12. The van der Waals surface area contributed by atoms with E-state index in [1.807, 2.05) is 36.4 Å². The minimum atomic E-state index is -3.47. The number of sulfonamides is 1. The monoisotopic (exact) mass is 503 g/mol. The van der Waals surface area contributed by atoms with Gasteiger partial charge in [0.05, 0.1) is 41.2 Å². The van der Waals surface area contributed by atoms with E-state index in [0.717, 1.165) is 39.6 Å². The maximum atomic E-state index is 11.5. The first-order valence-electron chi connectivity index (χ1n) is 10.6. The van der Waals surface area contributed by atoms with Crippen LogP contribution in [0.3, 0.4) is 0 Å². The Morgan fingerprint density at radius 3 is 2.38 bits per heavy atom. The Morgan fingerprint density at radius 1 is 1.03 bits per heavy atom. The van der Waals surface area contributed by atoms with Crippen LogP contribution < -0.4 is 19.5 Å². The summed E-state index contributed by atoms with van der Waals surface area (Å²) in [5.74, 6) is 1.54. The number of hydrogen-bond acceptors (Lipinski definition) is 6. The molecule has 0 aliphatic heterocycles. The summed E-state index contributed by atoms with van der Waals surface area (Å²) in [6.07, 6.45) is 0.207. The van der Waals surface area contributed by atoms with Crippen molar-refractivity contribution in [2.45, 2.75) is 6.10 Å². The number of aliphatic hydroxyl groups is 1. The standard InChI is InChI=1S/C24H26ClN3O5S/c1-32-16-4-6-18-19-7-5-17(13-22(19)27-21(18)12-16)33-10-9-26-14-24(29)15-3-8-20(25)23(11-15)28-34(2,30)31/h3-8,11-13,24,26-29H,9-10,14H2,1-2H3/t24-/m0/s1. The fourth-order valence-electron chi connectivity index (χ4n) is 3.71. The lowest BCUT2D eigenvalue weighted by Crippen LogP contribution is -2.26. The van der Waals surface area contributed by atoms with Crippen molar-refractivity contribution in [1.29, 1.82) is 0 Å². The van der Waals surface area contributed by atoms with Crippen molar-refractivity contribution in [2.75, 3.05) is 37.8 Å². The molecule has 180 valence electrons. The first-order chi connectivity index (χ1) is 16.2. The number of aliphatic hydroxyl groups excluding tert-OH is 1. The zero-order valence-electron chi connectivity index (χ0n) is 18.8. The average molecular weight is 504 g/mol. The fourth-order valence-corrected chi connectivity index (χ4v) is 4.50. The SMILES string of the molecule is COc1ccc2c(c1)[nH]c1cc(OCCNC[C@H](O)c3ccc(Cl)c(NS(C)(=O)=O)c3)ccc12. The summed E-state index contributed by atoms with van der Waals surface area (Å²) in [6, 6.07) is 16.6. The second kappa shape index (κ2) is 10.1. The third kappa shape index (κ3) is 5.74. The van der Waals surface area contributed by atoms with Gasteiger partial charge in [-0.2, -0.15) is 0 Å². The van der Waals surface area contributed by atoms with Crippen molar-refractivity contribution >= 4 is 49.1 Å². The third-order valence-electron chi connectivity index (χ3n) is 5.33. The Hall–Kier alpha value is -2.98. The lowest BCUT2D eigenvalue weighted by Gasteiger charge is -2.15. The number of nitrogens with one attached hydrogen (secondary N) is 3. The average Bonchev–Trinajstić information content (AvgIpc) is 3.16. The maximum Gasteiger partial charge on any atom is 0.229 e. The molecule has 3 aromatic carbocycles. The molecular formula is C24H26ClN3O5S. The first-order valence-corrected chi connectivity index (χ1v) is 12.9. The van der Waals surface area contributed by atoms with Crippen molar-refractivity contribution < 1.29 is 23.0 Å². The molecule has 0 saturated carbocycles. The third-order valence-corrected chi connectivity index (χ3v) is 6.25. The molecule has 34 heavy (non-hydrogen) atoms. The van der Waals surface area contributed by atoms with Gasteiger partial charge in [-0.3, -0.25) is 4.72 Å². The van der Waals surface area contributed by atoms with Gasteiger partial charge in [-0.15, -0.1) is 0 Å². The molecule has 4 N–H and O–H groups in total. The van der Waals surface area contributed by atoms with Gasteiger partial charge in [-0.1, -0.05) is 17.7 Å². The number of H-pyrrole nitrogens is 1. The van der Waals surface area contributed by atoms with Crippen LogP contribution >= 0.6 is 11.6 Å². The van der Waals surface area contributed by atoms with Crippen molar-refractivity contribution in [2.24, 2.45) is 0 Å². The number of halogens is 1. The first kappa shape index (κ1) is 24.2. The molecule has 1 atom stereocenters. The molecular weight excluding hydrogens is 478 g/mol. The van der Waals surface area contributed by atoms with E-state index in [1.165, 1.54) is 6.07 Å². The number of aromatic amines is 1. The van der Waals surface area contributed by atoms with Crippen LogP contribution in [0.1, 0.15) is 11.7 Å². The number of methoxy groups -OCH3 is 1. The highest BCUT2D eigenvalue weighted by Crippen LogP contribution is 2.30. The Labute approximate surface area is 202 Å². The Balaban J connectivity index is 1.30. The highest BCUT2D eigenvalue weighted by molar-refractivity contribution is 7.92. The molecule has 1 aromatic heterocycles. The molecule has 0 saturated heterocycles. The predicted octanol–water partition coefficient (Wildman–Crippen LogP) is 4.06. The van der Waals surface area contributed by atoms with Gasteiger partial charge in [0.2, 0.25) is 10.0 Å². The molecule has 4 aromatic rings. The molecule has 4 rings (SSSR count). The van der Waals surface area contributed by atoms with Gasteiger partial charge in [0.1, 0.15) is 18.1 Å². The van der Waals surface area contributed by atoms with Crippen LogP contribution in [0.25, 0.3) is 21.8 Å². The lowest BCUT2D eigenvalue weighted by molar-refractivity contribution is 0.172.